The van der Waals surface area contributed by atoms with Crippen molar-refractivity contribution in [2.75, 3.05) is 0 Å². The Hall–Kier alpha value is -7.25. The van der Waals surface area contributed by atoms with Gasteiger partial charge in [0.15, 0.2) is 0 Å². The third-order valence-corrected chi connectivity index (χ3v) is 12.0. The molecule has 7 heteroatoms. The van der Waals surface area contributed by atoms with Gasteiger partial charge >= 0.3 is 0 Å². The topological polar surface area (TPSA) is 70.4 Å². The molecule has 1 aliphatic rings. The van der Waals surface area contributed by atoms with Crippen molar-refractivity contribution in [3.63, 3.8) is 0 Å². The fourth-order valence-electron chi connectivity index (χ4n) is 9.03. The van der Waals surface area contributed by atoms with Crippen LogP contribution in [-0.2, 0) is 6.42 Å². The second-order valence-corrected chi connectivity index (χ2v) is 15.3. The third-order valence-electron chi connectivity index (χ3n) is 12.0. The van der Waals surface area contributed by atoms with E-state index in [0.29, 0.717) is 17.4 Å². The maximum absolute atomic E-state index is 6.91. The van der Waals surface area contributed by atoms with Crippen molar-refractivity contribution < 1.29 is 9.15 Å². The van der Waals surface area contributed by atoms with Crippen LogP contribution in [0.5, 0.6) is 11.5 Å². The minimum Gasteiger partial charge on any atom is -0.457 e. The van der Waals surface area contributed by atoms with Crippen molar-refractivity contribution in [1.29, 1.82) is 0 Å². The van der Waals surface area contributed by atoms with Crippen LogP contribution in [0, 0.1) is 13.8 Å². The molecule has 0 bridgehead atoms. The lowest BCUT2D eigenvalue weighted by Gasteiger charge is -2.14. The van der Waals surface area contributed by atoms with Crippen LogP contribution < -0.4 is 4.74 Å². The summed E-state index contributed by atoms with van der Waals surface area (Å²) in [4.78, 5) is 15.1. The molecular formula is C50H35N5O2. The van der Waals surface area contributed by atoms with Gasteiger partial charge in [-0.05, 0) is 114 Å². The summed E-state index contributed by atoms with van der Waals surface area (Å²) in [5.41, 5.74) is 13.7. The molecule has 11 aromatic rings. The molecule has 1 atom stereocenters. The van der Waals surface area contributed by atoms with Crippen LogP contribution in [0.25, 0.3) is 77.6 Å². The lowest BCUT2D eigenvalue weighted by atomic mass is 9.92. The number of furan rings is 1. The predicted octanol–water partition coefficient (Wildman–Crippen LogP) is 12.4. The fourth-order valence-corrected chi connectivity index (χ4v) is 9.03. The highest BCUT2D eigenvalue weighted by Gasteiger charge is 2.27. The van der Waals surface area contributed by atoms with Gasteiger partial charge < -0.3 is 9.15 Å². The quantitative estimate of drug-likeness (QED) is 0.176. The van der Waals surface area contributed by atoms with Crippen LogP contribution in [0.1, 0.15) is 40.2 Å². The Balaban J connectivity index is 1.05. The zero-order valence-corrected chi connectivity index (χ0v) is 31.4. The minimum absolute atomic E-state index is 0.324. The molecule has 272 valence electrons. The molecule has 0 spiro atoms. The molecule has 0 amide bonds. The fraction of sp³-hybridized carbons (Fsp3) is 0.100. The Labute approximate surface area is 327 Å². The molecule has 5 aromatic heterocycles. The number of nitrogens with zero attached hydrogens (tertiary/aromatic N) is 5. The Bertz CT molecular complexity index is 3430. The number of benzene rings is 6. The largest absolute Gasteiger partial charge is 0.457 e. The summed E-state index contributed by atoms with van der Waals surface area (Å²) < 4.78 is 18.1. The molecule has 0 radical (unpaired) electrons. The van der Waals surface area contributed by atoms with E-state index >= 15 is 0 Å². The minimum atomic E-state index is 0.324. The number of para-hydroxylation sites is 2. The number of hydrogen-bond acceptors (Lipinski definition) is 5. The molecule has 1 unspecified atom stereocenters. The van der Waals surface area contributed by atoms with Gasteiger partial charge in [-0.25, -0.2) is 9.97 Å². The second kappa shape index (κ2) is 12.1. The molecule has 12 rings (SSSR count). The summed E-state index contributed by atoms with van der Waals surface area (Å²) in [6, 6.07) is 46.6. The maximum atomic E-state index is 6.91. The van der Waals surface area contributed by atoms with Crippen molar-refractivity contribution in [2.45, 2.75) is 32.6 Å². The van der Waals surface area contributed by atoms with E-state index in [9.17, 15) is 0 Å². The molecule has 7 nitrogen and oxygen atoms in total. The van der Waals surface area contributed by atoms with Gasteiger partial charge in [-0.3, -0.25) is 14.0 Å². The van der Waals surface area contributed by atoms with Gasteiger partial charge in [-0.1, -0.05) is 72.8 Å². The van der Waals surface area contributed by atoms with Crippen LogP contribution in [0.2, 0.25) is 0 Å². The number of imidazole rings is 2. The van der Waals surface area contributed by atoms with E-state index in [1.54, 1.807) is 0 Å². The smallest absolute Gasteiger partial charge is 0.221 e. The van der Waals surface area contributed by atoms with Crippen molar-refractivity contribution in [3.8, 4) is 28.6 Å². The zero-order valence-electron chi connectivity index (χ0n) is 31.4. The zero-order chi connectivity index (χ0) is 37.8. The van der Waals surface area contributed by atoms with E-state index in [-0.39, 0.29) is 0 Å². The summed E-state index contributed by atoms with van der Waals surface area (Å²) in [7, 11) is 0. The molecular weight excluding hydrogens is 703 g/mol. The van der Waals surface area contributed by atoms with Gasteiger partial charge in [-0.15, -0.1) is 0 Å². The number of pyridine rings is 2. The molecule has 0 N–H and O–H groups in total. The number of ether oxygens (including phenoxy) is 1. The van der Waals surface area contributed by atoms with Crippen molar-refractivity contribution in [3.05, 3.63) is 174 Å². The van der Waals surface area contributed by atoms with Crippen LogP contribution in [0.4, 0.5) is 0 Å². The normalized spacial score (nSPS) is 14.2. The monoisotopic (exact) mass is 737 g/mol. The molecule has 0 fully saturated rings. The first kappa shape index (κ1) is 32.0. The second-order valence-electron chi connectivity index (χ2n) is 15.3. The van der Waals surface area contributed by atoms with Gasteiger partial charge in [0.2, 0.25) is 5.78 Å². The van der Waals surface area contributed by atoms with Crippen LogP contribution in [0.3, 0.4) is 0 Å². The van der Waals surface area contributed by atoms with Crippen molar-refractivity contribution in [1.82, 2.24) is 23.9 Å². The Morgan fingerprint density at radius 3 is 2.42 bits per heavy atom. The molecule has 1 aliphatic carbocycles. The lowest BCUT2D eigenvalue weighted by Crippen LogP contribution is -2.00. The highest BCUT2D eigenvalue weighted by molar-refractivity contribution is 6.17. The van der Waals surface area contributed by atoms with Crippen LogP contribution in [-0.4, -0.2) is 23.9 Å². The van der Waals surface area contributed by atoms with E-state index < -0.39 is 0 Å². The highest BCUT2D eigenvalue weighted by atomic mass is 16.5. The van der Waals surface area contributed by atoms with Gasteiger partial charge in [0.25, 0.3) is 0 Å². The summed E-state index contributed by atoms with van der Waals surface area (Å²) in [5.74, 6) is 3.34. The van der Waals surface area contributed by atoms with Crippen LogP contribution >= 0.6 is 0 Å². The van der Waals surface area contributed by atoms with Gasteiger partial charge in [0.05, 0.1) is 27.8 Å². The first-order valence-corrected chi connectivity index (χ1v) is 19.5. The summed E-state index contributed by atoms with van der Waals surface area (Å²) in [6.45, 7) is 4.20. The average molecular weight is 738 g/mol. The van der Waals surface area contributed by atoms with Gasteiger partial charge in [-0.2, -0.15) is 0 Å². The third kappa shape index (κ3) is 4.88. The van der Waals surface area contributed by atoms with Crippen molar-refractivity contribution >= 4 is 60.6 Å². The lowest BCUT2D eigenvalue weighted by molar-refractivity contribution is 0.484. The van der Waals surface area contributed by atoms with E-state index in [0.717, 1.165) is 96.0 Å². The predicted molar refractivity (Wildman–Crippen MR) is 228 cm³/mol. The number of aryl methyl sites for hydroxylation is 3. The number of rotatable bonds is 5. The Morgan fingerprint density at radius 2 is 1.51 bits per heavy atom. The van der Waals surface area contributed by atoms with Crippen LogP contribution in [0.15, 0.2) is 150 Å². The van der Waals surface area contributed by atoms with E-state index in [4.69, 9.17) is 24.1 Å². The van der Waals surface area contributed by atoms with E-state index in [2.05, 4.69) is 150 Å². The first-order chi connectivity index (χ1) is 28.1. The standard InChI is InChI=1S/C50H35N5O2/c1-29-22-47(52-27-30(29)2)55-46-25-34(18-21-45(46)54-44-15-9-8-14-42(44)53-50(54)55)56-35-23-40-38-20-16-32-12-6-7-13-37(32)48(38)57-49(40)41(24-35)43-26-39-33(28-51-43)17-19-36(39)31-10-4-3-5-11-31/h3-16,18,20-28,36H,17,19H2,1-2H3. The average Bonchev–Trinajstić information content (AvgIpc) is 4.02. The molecule has 0 saturated heterocycles. The highest BCUT2D eigenvalue weighted by Crippen LogP contribution is 2.45. The number of aromatic nitrogens is 5. The summed E-state index contributed by atoms with van der Waals surface area (Å²) >= 11 is 0. The molecule has 0 saturated carbocycles. The molecule has 6 aromatic carbocycles. The SMILES string of the molecule is Cc1cnc(-n2c3cc(Oc4cc(-c5cc6c(cn5)CCC6c5ccccc5)c5oc6c7ccccc7ccc6c5c4)ccc3n3c4ccccc4nc23)cc1C. The summed E-state index contributed by atoms with van der Waals surface area (Å²) in [5, 5.41) is 4.24. The molecule has 5 heterocycles. The van der Waals surface area contributed by atoms with Crippen molar-refractivity contribution in [2.24, 2.45) is 0 Å². The molecule has 0 aliphatic heterocycles. The van der Waals surface area contributed by atoms with E-state index in [1.165, 1.54) is 22.3 Å². The first-order valence-electron chi connectivity index (χ1n) is 19.5. The number of fused-ring (bicyclic) bond motifs is 11. The summed E-state index contributed by atoms with van der Waals surface area (Å²) in [6.07, 6.45) is 6.08. The van der Waals surface area contributed by atoms with Gasteiger partial charge in [0.1, 0.15) is 28.5 Å². The molecule has 57 heavy (non-hydrogen) atoms. The number of hydrogen-bond donors (Lipinski definition) is 0. The maximum Gasteiger partial charge on any atom is 0.221 e. The van der Waals surface area contributed by atoms with E-state index in [1.807, 2.05) is 18.3 Å². The Morgan fingerprint density at radius 1 is 0.649 bits per heavy atom. The van der Waals surface area contributed by atoms with Gasteiger partial charge in [0, 0.05) is 46.1 Å². The Kier molecular flexibility index (Phi) is 6.81.